The van der Waals surface area contributed by atoms with Crippen molar-refractivity contribution in [3.05, 3.63) is 20.8 Å². The summed E-state index contributed by atoms with van der Waals surface area (Å²) in [5.41, 5.74) is 1.04. The van der Waals surface area contributed by atoms with Crippen LogP contribution in [0.15, 0.2) is 15.2 Å². The lowest BCUT2D eigenvalue weighted by Gasteiger charge is -2.05. The molecule has 0 bridgehead atoms. The molecule has 0 fully saturated rings. The molecule has 1 aromatic rings. The minimum absolute atomic E-state index is 0.169. The molecular formula is C8H9BrN2S. The summed E-state index contributed by atoms with van der Waals surface area (Å²) in [6.07, 6.45) is 0. The van der Waals surface area contributed by atoms with Crippen molar-refractivity contribution < 1.29 is 0 Å². The van der Waals surface area contributed by atoms with E-state index in [2.05, 4.69) is 27.3 Å². The SMILES string of the molecule is CCNC(C#N)c1csc(Br)c1. The highest BCUT2D eigenvalue weighted by atomic mass is 79.9. The lowest BCUT2D eigenvalue weighted by Crippen LogP contribution is -2.18. The van der Waals surface area contributed by atoms with Crippen LogP contribution < -0.4 is 5.32 Å². The molecule has 64 valence electrons. The van der Waals surface area contributed by atoms with Crippen molar-refractivity contribution in [2.45, 2.75) is 13.0 Å². The largest absolute Gasteiger partial charge is 0.298 e. The molecule has 1 aromatic heterocycles. The zero-order valence-corrected chi connectivity index (χ0v) is 9.08. The van der Waals surface area contributed by atoms with Crippen LogP contribution >= 0.6 is 27.3 Å². The van der Waals surface area contributed by atoms with E-state index in [4.69, 9.17) is 5.26 Å². The summed E-state index contributed by atoms with van der Waals surface area (Å²) in [5.74, 6) is 0. The van der Waals surface area contributed by atoms with Gasteiger partial charge in [-0.2, -0.15) is 5.26 Å². The fraction of sp³-hybridized carbons (Fsp3) is 0.375. The van der Waals surface area contributed by atoms with Crippen LogP contribution in [0, 0.1) is 11.3 Å². The average Bonchev–Trinajstić information content (AvgIpc) is 2.47. The van der Waals surface area contributed by atoms with Gasteiger partial charge in [-0.25, -0.2) is 0 Å². The Bertz CT molecular complexity index is 289. The van der Waals surface area contributed by atoms with E-state index < -0.39 is 0 Å². The number of halogens is 1. The molecule has 1 rings (SSSR count). The predicted molar refractivity (Wildman–Crippen MR) is 54.0 cm³/mol. The van der Waals surface area contributed by atoms with Crippen molar-refractivity contribution in [1.29, 1.82) is 5.26 Å². The van der Waals surface area contributed by atoms with E-state index in [9.17, 15) is 0 Å². The zero-order valence-electron chi connectivity index (χ0n) is 6.67. The van der Waals surface area contributed by atoms with Gasteiger partial charge in [-0.1, -0.05) is 6.92 Å². The van der Waals surface area contributed by atoms with Crippen LogP contribution in [-0.4, -0.2) is 6.54 Å². The average molecular weight is 245 g/mol. The molecule has 0 radical (unpaired) electrons. The standard InChI is InChI=1S/C8H9BrN2S/c1-2-11-7(4-10)6-3-8(9)12-5-6/h3,5,7,11H,2H2,1H3. The molecular weight excluding hydrogens is 236 g/mol. The van der Waals surface area contributed by atoms with E-state index in [0.717, 1.165) is 15.9 Å². The maximum atomic E-state index is 8.80. The molecule has 0 aromatic carbocycles. The van der Waals surface area contributed by atoms with Crippen LogP contribution in [0.5, 0.6) is 0 Å². The van der Waals surface area contributed by atoms with Crippen molar-refractivity contribution in [2.24, 2.45) is 0 Å². The molecule has 0 aliphatic rings. The smallest absolute Gasteiger partial charge is 0.122 e. The lowest BCUT2D eigenvalue weighted by molar-refractivity contribution is 0.660. The molecule has 0 saturated heterocycles. The first kappa shape index (κ1) is 9.72. The van der Waals surface area contributed by atoms with Gasteiger partial charge in [0.25, 0.3) is 0 Å². The number of nitrogens with one attached hydrogen (secondary N) is 1. The number of hydrogen-bond acceptors (Lipinski definition) is 3. The van der Waals surface area contributed by atoms with Crippen LogP contribution in [0.4, 0.5) is 0 Å². The van der Waals surface area contributed by atoms with Crippen LogP contribution in [0.3, 0.4) is 0 Å². The monoisotopic (exact) mass is 244 g/mol. The molecule has 2 nitrogen and oxygen atoms in total. The van der Waals surface area contributed by atoms with E-state index in [0.29, 0.717) is 0 Å². The Hall–Kier alpha value is -0.370. The van der Waals surface area contributed by atoms with Gasteiger partial charge in [0.2, 0.25) is 0 Å². The van der Waals surface area contributed by atoms with Gasteiger partial charge in [-0.05, 0) is 39.5 Å². The highest BCUT2D eigenvalue weighted by Gasteiger charge is 2.09. The molecule has 0 aliphatic carbocycles. The van der Waals surface area contributed by atoms with Gasteiger partial charge >= 0.3 is 0 Å². The van der Waals surface area contributed by atoms with Gasteiger partial charge in [-0.3, -0.25) is 5.32 Å². The Labute approximate surface area is 84.3 Å². The fourth-order valence-electron chi connectivity index (χ4n) is 0.917. The van der Waals surface area contributed by atoms with Gasteiger partial charge in [0.05, 0.1) is 9.86 Å². The van der Waals surface area contributed by atoms with Gasteiger partial charge in [-0.15, -0.1) is 11.3 Å². The summed E-state index contributed by atoms with van der Waals surface area (Å²) in [6, 6.07) is 4.01. The van der Waals surface area contributed by atoms with E-state index in [-0.39, 0.29) is 6.04 Å². The minimum atomic E-state index is -0.169. The van der Waals surface area contributed by atoms with Gasteiger partial charge < -0.3 is 0 Å². The second-order valence-corrected chi connectivity index (χ2v) is 4.59. The summed E-state index contributed by atoms with van der Waals surface area (Å²) in [6.45, 7) is 2.80. The number of hydrogen-bond donors (Lipinski definition) is 1. The Balaban J connectivity index is 2.74. The van der Waals surface area contributed by atoms with Crippen molar-refractivity contribution in [1.82, 2.24) is 5.32 Å². The van der Waals surface area contributed by atoms with E-state index >= 15 is 0 Å². The molecule has 1 heterocycles. The maximum Gasteiger partial charge on any atom is 0.122 e. The van der Waals surface area contributed by atoms with Crippen molar-refractivity contribution in [3.8, 4) is 6.07 Å². The number of rotatable bonds is 3. The summed E-state index contributed by atoms with van der Waals surface area (Å²) >= 11 is 4.96. The van der Waals surface area contributed by atoms with Gasteiger partial charge in [0.1, 0.15) is 6.04 Å². The van der Waals surface area contributed by atoms with Crippen LogP contribution in [-0.2, 0) is 0 Å². The Morgan fingerprint density at radius 1 is 1.83 bits per heavy atom. The Morgan fingerprint density at radius 2 is 2.58 bits per heavy atom. The zero-order chi connectivity index (χ0) is 8.97. The Kier molecular flexibility index (Phi) is 3.73. The molecule has 1 atom stereocenters. The van der Waals surface area contributed by atoms with Crippen molar-refractivity contribution in [2.75, 3.05) is 6.54 Å². The molecule has 0 spiro atoms. The van der Waals surface area contributed by atoms with Crippen molar-refractivity contribution >= 4 is 27.3 Å². The lowest BCUT2D eigenvalue weighted by atomic mass is 10.2. The number of nitriles is 1. The summed E-state index contributed by atoms with van der Waals surface area (Å²) in [4.78, 5) is 0. The van der Waals surface area contributed by atoms with Crippen molar-refractivity contribution in [3.63, 3.8) is 0 Å². The quantitative estimate of drug-likeness (QED) is 0.888. The topological polar surface area (TPSA) is 35.8 Å². The summed E-state index contributed by atoms with van der Waals surface area (Å²) < 4.78 is 1.07. The van der Waals surface area contributed by atoms with Crippen LogP contribution in [0.2, 0.25) is 0 Å². The molecule has 1 N–H and O–H groups in total. The Morgan fingerprint density at radius 3 is 3.00 bits per heavy atom. The van der Waals surface area contributed by atoms with Crippen LogP contribution in [0.25, 0.3) is 0 Å². The number of thiophene rings is 1. The van der Waals surface area contributed by atoms with E-state index in [1.165, 1.54) is 0 Å². The highest BCUT2D eigenvalue weighted by molar-refractivity contribution is 9.11. The molecule has 0 saturated carbocycles. The molecule has 4 heteroatoms. The molecule has 1 unspecified atom stereocenters. The third-order valence-corrected chi connectivity index (χ3v) is 2.98. The second kappa shape index (κ2) is 4.61. The van der Waals surface area contributed by atoms with E-state index in [1.807, 2.05) is 18.4 Å². The highest BCUT2D eigenvalue weighted by Crippen LogP contribution is 2.24. The summed E-state index contributed by atoms with van der Waals surface area (Å²) in [5, 5.41) is 13.9. The number of nitrogens with zero attached hydrogens (tertiary/aromatic N) is 1. The summed E-state index contributed by atoms with van der Waals surface area (Å²) in [7, 11) is 0. The first-order valence-electron chi connectivity index (χ1n) is 3.65. The normalized spacial score (nSPS) is 12.4. The molecule has 0 amide bonds. The molecule has 12 heavy (non-hydrogen) atoms. The third-order valence-electron chi connectivity index (χ3n) is 1.46. The predicted octanol–water partition coefficient (Wildman–Crippen LogP) is 2.68. The third kappa shape index (κ3) is 2.31. The van der Waals surface area contributed by atoms with Crippen LogP contribution in [0.1, 0.15) is 18.5 Å². The second-order valence-electron chi connectivity index (χ2n) is 2.30. The molecule has 0 aliphatic heterocycles. The minimum Gasteiger partial charge on any atom is -0.298 e. The first-order chi connectivity index (χ1) is 5.77. The maximum absolute atomic E-state index is 8.80. The van der Waals surface area contributed by atoms with Gasteiger partial charge in [0.15, 0.2) is 0 Å². The fourth-order valence-corrected chi connectivity index (χ4v) is 2.12. The van der Waals surface area contributed by atoms with Gasteiger partial charge in [0, 0.05) is 0 Å². The first-order valence-corrected chi connectivity index (χ1v) is 5.32. The van der Waals surface area contributed by atoms with E-state index in [1.54, 1.807) is 11.3 Å².